The van der Waals surface area contributed by atoms with E-state index in [1.165, 1.54) is 0 Å². The van der Waals surface area contributed by atoms with Gasteiger partial charge in [0.05, 0.1) is 18.0 Å². The number of nitrogen functional groups attached to an aromatic ring is 1. The highest BCUT2D eigenvalue weighted by Crippen LogP contribution is 2.28. The van der Waals surface area contributed by atoms with Gasteiger partial charge in [-0.3, -0.25) is 0 Å². The van der Waals surface area contributed by atoms with E-state index in [1.807, 2.05) is 0 Å². The number of nitrogens with two attached hydrogens (primary N) is 1. The van der Waals surface area contributed by atoms with E-state index in [0.29, 0.717) is 29.6 Å². The zero-order valence-electron chi connectivity index (χ0n) is 10.8. The van der Waals surface area contributed by atoms with Crippen molar-refractivity contribution in [2.24, 2.45) is 10.3 Å². The van der Waals surface area contributed by atoms with E-state index in [-0.39, 0.29) is 0 Å². The first-order chi connectivity index (χ1) is 7.78. The molecule has 0 radical (unpaired) electrons. The SMILES string of the molecule is CC(C)COc1cc(N=S(C)(C)=O)ccc1N. The number of benzene rings is 1. The molecule has 1 aromatic rings. The minimum atomic E-state index is -2.16. The first-order valence-corrected chi connectivity index (χ1v) is 7.80. The first kappa shape index (κ1) is 13.8. The summed E-state index contributed by atoms with van der Waals surface area (Å²) in [5, 5.41) is 0. The quantitative estimate of drug-likeness (QED) is 0.842. The summed E-state index contributed by atoms with van der Waals surface area (Å²) in [5.74, 6) is 1.03. The molecule has 0 atom stereocenters. The zero-order chi connectivity index (χ0) is 13.1. The van der Waals surface area contributed by atoms with Gasteiger partial charge in [-0.25, -0.2) is 4.21 Å². The number of anilines is 1. The fourth-order valence-corrected chi connectivity index (χ4v) is 1.84. The van der Waals surface area contributed by atoms with Crippen molar-refractivity contribution in [2.75, 3.05) is 24.9 Å². The number of rotatable bonds is 4. The fraction of sp³-hybridized carbons (Fsp3) is 0.500. The van der Waals surface area contributed by atoms with Gasteiger partial charge in [0.1, 0.15) is 5.75 Å². The summed E-state index contributed by atoms with van der Waals surface area (Å²) in [4.78, 5) is 0. The largest absolute Gasteiger partial charge is 0.491 e. The van der Waals surface area contributed by atoms with Gasteiger partial charge < -0.3 is 10.5 Å². The fourth-order valence-electron chi connectivity index (χ4n) is 1.22. The van der Waals surface area contributed by atoms with E-state index in [2.05, 4.69) is 18.2 Å². The molecule has 1 rings (SSSR count). The molecular formula is C12H20N2O2S. The number of ether oxygens (including phenoxy) is 1. The molecule has 17 heavy (non-hydrogen) atoms. The Morgan fingerprint density at radius 3 is 2.59 bits per heavy atom. The molecule has 0 aliphatic carbocycles. The Morgan fingerprint density at radius 2 is 2.06 bits per heavy atom. The topological polar surface area (TPSA) is 64.7 Å². The van der Waals surface area contributed by atoms with Crippen molar-refractivity contribution in [3.63, 3.8) is 0 Å². The van der Waals surface area contributed by atoms with Crippen molar-refractivity contribution in [2.45, 2.75) is 13.8 Å². The zero-order valence-corrected chi connectivity index (χ0v) is 11.6. The van der Waals surface area contributed by atoms with Crippen LogP contribution >= 0.6 is 0 Å². The van der Waals surface area contributed by atoms with E-state index in [0.717, 1.165) is 0 Å². The van der Waals surface area contributed by atoms with E-state index in [9.17, 15) is 4.21 Å². The minimum absolute atomic E-state index is 0.427. The Bertz CT molecular complexity index is 495. The van der Waals surface area contributed by atoms with Crippen LogP contribution in [-0.2, 0) is 9.73 Å². The van der Waals surface area contributed by atoms with Gasteiger partial charge in [0.2, 0.25) is 0 Å². The summed E-state index contributed by atoms with van der Waals surface area (Å²) >= 11 is 0. The lowest BCUT2D eigenvalue weighted by atomic mass is 10.2. The first-order valence-electron chi connectivity index (χ1n) is 5.47. The standard InChI is InChI=1S/C12H20N2O2S/c1-9(2)8-16-12-7-10(5-6-11(12)13)14-17(3,4)15/h5-7,9H,8,13H2,1-4H3. The van der Waals surface area contributed by atoms with Gasteiger partial charge in [-0.15, -0.1) is 0 Å². The molecule has 0 aromatic heterocycles. The molecule has 0 bridgehead atoms. The number of hydrogen-bond donors (Lipinski definition) is 1. The summed E-state index contributed by atoms with van der Waals surface area (Å²) in [6.45, 7) is 4.73. The Morgan fingerprint density at radius 1 is 1.41 bits per heavy atom. The second kappa shape index (κ2) is 5.40. The molecule has 5 heteroatoms. The highest BCUT2D eigenvalue weighted by Gasteiger charge is 2.04. The molecule has 0 saturated heterocycles. The van der Waals surface area contributed by atoms with Gasteiger partial charge in [-0.1, -0.05) is 13.8 Å². The van der Waals surface area contributed by atoms with Crippen LogP contribution in [-0.4, -0.2) is 23.3 Å². The summed E-state index contributed by atoms with van der Waals surface area (Å²) in [7, 11) is -2.16. The van der Waals surface area contributed by atoms with Crippen LogP contribution in [0.15, 0.2) is 22.6 Å². The van der Waals surface area contributed by atoms with Crippen molar-refractivity contribution in [1.29, 1.82) is 0 Å². The molecule has 0 aliphatic heterocycles. The normalized spacial score (nSPS) is 11.6. The highest BCUT2D eigenvalue weighted by atomic mass is 32.2. The third-order valence-electron chi connectivity index (χ3n) is 1.89. The lowest BCUT2D eigenvalue weighted by molar-refractivity contribution is 0.272. The van der Waals surface area contributed by atoms with Gasteiger partial charge in [-0.2, -0.15) is 4.36 Å². The maximum absolute atomic E-state index is 11.6. The Balaban J connectivity index is 2.99. The number of hydrogen-bond acceptors (Lipinski definition) is 4. The summed E-state index contributed by atoms with van der Waals surface area (Å²) in [5.41, 5.74) is 7.01. The molecule has 0 unspecified atom stereocenters. The predicted molar refractivity (Wildman–Crippen MR) is 73.3 cm³/mol. The molecule has 96 valence electrons. The molecule has 0 spiro atoms. The van der Waals surface area contributed by atoms with Crippen LogP contribution in [0.4, 0.5) is 11.4 Å². The molecule has 0 heterocycles. The van der Waals surface area contributed by atoms with Crippen molar-refractivity contribution >= 4 is 21.1 Å². The molecular weight excluding hydrogens is 236 g/mol. The summed E-state index contributed by atoms with van der Waals surface area (Å²) in [6.07, 6.45) is 3.19. The van der Waals surface area contributed by atoms with Crippen molar-refractivity contribution in [3.05, 3.63) is 18.2 Å². The molecule has 0 amide bonds. The average molecular weight is 256 g/mol. The minimum Gasteiger partial charge on any atom is -0.491 e. The van der Waals surface area contributed by atoms with E-state index in [4.69, 9.17) is 10.5 Å². The van der Waals surface area contributed by atoms with Gasteiger partial charge in [0, 0.05) is 28.3 Å². The van der Waals surface area contributed by atoms with Gasteiger partial charge in [-0.05, 0) is 18.1 Å². The molecule has 4 nitrogen and oxygen atoms in total. The average Bonchev–Trinajstić information content (AvgIpc) is 2.16. The lowest BCUT2D eigenvalue weighted by Crippen LogP contribution is -2.06. The Hall–Kier alpha value is -1.23. The summed E-state index contributed by atoms with van der Waals surface area (Å²) < 4.78 is 21.3. The number of nitrogens with zero attached hydrogens (tertiary/aromatic N) is 1. The van der Waals surface area contributed by atoms with E-state index in [1.54, 1.807) is 30.7 Å². The monoisotopic (exact) mass is 256 g/mol. The molecule has 2 N–H and O–H groups in total. The van der Waals surface area contributed by atoms with Crippen molar-refractivity contribution < 1.29 is 8.95 Å². The lowest BCUT2D eigenvalue weighted by Gasteiger charge is -2.11. The van der Waals surface area contributed by atoms with Gasteiger partial charge >= 0.3 is 0 Å². The maximum Gasteiger partial charge on any atom is 0.144 e. The van der Waals surface area contributed by atoms with Gasteiger partial charge in [0.25, 0.3) is 0 Å². The van der Waals surface area contributed by atoms with Crippen LogP contribution in [0, 0.1) is 5.92 Å². The third-order valence-corrected chi connectivity index (χ3v) is 2.55. The Labute approximate surface area is 103 Å². The maximum atomic E-state index is 11.6. The van der Waals surface area contributed by atoms with E-state index < -0.39 is 9.73 Å². The van der Waals surface area contributed by atoms with Gasteiger partial charge in [0.15, 0.2) is 0 Å². The van der Waals surface area contributed by atoms with Crippen molar-refractivity contribution in [3.8, 4) is 5.75 Å². The van der Waals surface area contributed by atoms with Crippen LogP contribution < -0.4 is 10.5 Å². The van der Waals surface area contributed by atoms with Crippen LogP contribution in [0.1, 0.15) is 13.8 Å². The van der Waals surface area contributed by atoms with E-state index >= 15 is 0 Å². The molecule has 1 aromatic carbocycles. The van der Waals surface area contributed by atoms with Crippen molar-refractivity contribution in [1.82, 2.24) is 0 Å². The smallest absolute Gasteiger partial charge is 0.144 e. The van der Waals surface area contributed by atoms with Crippen LogP contribution in [0.3, 0.4) is 0 Å². The summed E-state index contributed by atoms with van der Waals surface area (Å²) in [6, 6.07) is 5.19. The molecule has 0 fully saturated rings. The third kappa shape index (κ3) is 5.08. The second-order valence-corrected chi connectivity index (χ2v) is 7.24. The predicted octanol–water partition coefficient (Wildman–Crippen LogP) is 2.66. The Kier molecular flexibility index (Phi) is 4.40. The van der Waals surface area contributed by atoms with Crippen LogP contribution in [0.5, 0.6) is 5.75 Å². The second-order valence-electron chi connectivity index (χ2n) is 4.70. The molecule has 0 aliphatic rings. The van der Waals surface area contributed by atoms with Crippen LogP contribution in [0.2, 0.25) is 0 Å². The highest BCUT2D eigenvalue weighted by molar-refractivity contribution is 7.92. The molecule has 0 saturated carbocycles. The van der Waals surface area contributed by atoms with Crippen LogP contribution in [0.25, 0.3) is 0 Å².